The van der Waals surface area contributed by atoms with Crippen LogP contribution in [-0.2, 0) is 11.3 Å². The number of nitrogens with zero attached hydrogens (tertiary/aromatic N) is 1. The SMILES string of the molecule is CCNC(=O)COc1ccc(CNC(=O)c2cnc(-c3cccs3)s2)cc1OC. The first-order valence-electron chi connectivity index (χ1n) is 8.95. The molecule has 0 fully saturated rings. The highest BCUT2D eigenvalue weighted by Gasteiger charge is 2.13. The minimum absolute atomic E-state index is 0.0851. The molecular formula is C20H21N3O4S2. The summed E-state index contributed by atoms with van der Waals surface area (Å²) in [5.41, 5.74) is 0.851. The molecule has 2 N–H and O–H groups in total. The molecule has 0 bridgehead atoms. The molecule has 3 aromatic rings. The lowest BCUT2D eigenvalue weighted by atomic mass is 10.2. The van der Waals surface area contributed by atoms with Crippen molar-refractivity contribution in [2.24, 2.45) is 0 Å². The second kappa shape index (κ2) is 10.0. The normalized spacial score (nSPS) is 10.4. The number of ether oxygens (including phenoxy) is 2. The maximum Gasteiger partial charge on any atom is 0.263 e. The van der Waals surface area contributed by atoms with Crippen molar-refractivity contribution in [3.8, 4) is 21.4 Å². The van der Waals surface area contributed by atoms with Crippen LogP contribution in [0.2, 0.25) is 0 Å². The lowest BCUT2D eigenvalue weighted by Gasteiger charge is -2.12. The van der Waals surface area contributed by atoms with Crippen molar-refractivity contribution in [1.29, 1.82) is 0 Å². The lowest BCUT2D eigenvalue weighted by molar-refractivity contribution is -0.123. The van der Waals surface area contributed by atoms with E-state index < -0.39 is 0 Å². The van der Waals surface area contributed by atoms with E-state index in [-0.39, 0.29) is 18.4 Å². The van der Waals surface area contributed by atoms with Crippen LogP contribution in [0.25, 0.3) is 9.88 Å². The molecule has 2 heterocycles. The summed E-state index contributed by atoms with van der Waals surface area (Å²) in [7, 11) is 1.53. The second-order valence-corrected chi connectivity index (χ2v) is 7.90. The quantitative estimate of drug-likeness (QED) is 0.542. The Bertz CT molecular complexity index is 970. The molecule has 0 saturated carbocycles. The van der Waals surface area contributed by atoms with Gasteiger partial charge in [0.15, 0.2) is 18.1 Å². The summed E-state index contributed by atoms with van der Waals surface area (Å²) in [6, 6.07) is 9.25. The Morgan fingerprint density at radius 1 is 1.17 bits per heavy atom. The molecular weight excluding hydrogens is 410 g/mol. The fourth-order valence-corrected chi connectivity index (χ4v) is 4.13. The topological polar surface area (TPSA) is 89.6 Å². The van der Waals surface area contributed by atoms with Crippen LogP contribution in [0.1, 0.15) is 22.2 Å². The number of thiophene rings is 1. The van der Waals surface area contributed by atoms with Gasteiger partial charge in [-0.1, -0.05) is 12.1 Å². The van der Waals surface area contributed by atoms with Gasteiger partial charge in [0.1, 0.15) is 9.88 Å². The Labute approximate surface area is 176 Å². The van der Waals surface area contributed by atoms with Crippen LogP contribution in [0, 0.1) is 0 Å². The summed E-state index contributed by atoms with van der Waals surface area (Å²) in [5.74, 6) is 0.592. The van der Waals surface area contributed by atoms with Crippen molar-refractivity contribution < 1.29 is 19.1 Å². The molecule has 9 heteroatoms. The van der Waals surface area contributed by atoms with Crippen molar-refractivity contribution in [1.82, 2.24) is 15.6 Å². The predicted octanol–water partition coefficient (Wildman–Crippen LogP) is 3.33. The van der Waals surface area contributed by atoms with Gasteiger partial charge in [-0.05, 0) is 36.1 Å². The number of nitrogens with one attached hydrogen (secondary N) is 2. The Morgan fingerprint density at radius 2 is 2.03 bits per heavy atom. The van der Waals surface area contributed by atoms with E-state index in [0.29, 0.717) is 29.5 Å². The standard InChI is InChI=1S/C20H21N3O4S2/c1-3-21-18(24)12-27-14-7-6-13(9-15(14)26-2)10-22-19(25)17-11-23-20(29-17)16-5-4-8-28-16/h4-9,11H,3,10,12H2,1-2H3,(H,21,24)(H,22,25). The van der Waals surface area contributed by atoms with E-state index in [9.17, 15) is 9.59 Å². The third-order valence-electron chi connectivity index (χ3n) is 3.88. The zero-order chi connectivity index (χ0) is 20.6. The zero-order valence-corrected chi connectivity index (χ0v) is 17.7. The minimum atomic E-state index is -0.197. The molecule has 0 saturated heterocycles. The molecule has 0 aliphatic heterocycles. The molecule has 7 nitrogen and oxygen atoms in total. The highest BCUT2D eigenvalue weighted by atomic mass is 32.1. The summed E-state index contributed by atoms with van der Waals surface area (Å²) in [5, 5.41) is 8.37. The summed E-state index contributed by atoms with van der Waals surface area (Å²) in [6.07, 6.45) is 1.59. The summed E-state index contributed by atoms with van der Waals surface area (Å²) < 4.78 is 10.8. The number of amides is 2. The number of hydrogen-bond donors (Lipinski definition) is 2. The third-order valence-corrected chi connectivity index (χ3v) is 5.91. The van der Waals surface area contributed by atoms with Crippen LogP contribution >= 0.6 is 22.7 Å². The van der Waals surface area contributed by atoms with E-state index in [0.717, 1.165) is 15.4 Å². The number of hydrogen-bond acceptors (Lipinski definition) is 7. The van der Waals surface area contributed by atoms with E-state index in [1.807, 2.05) is 30.5 Å². The average molecular weight is 432 g/mol. The van der Waals surface area contributed by atoms with E-state index >= 15 is 0 Å². The van der Waals surface area contributed by atoms with Crippen molar-refractivity contribution in [3.05, 3.63) is 52.3 Å². The van der Waals surface area contributed by atoms with Gasteiger partial charge in [0.25, 0.3) is 11.8 Å². The number of benzene rings is 1. The fourth-order valence-electron chi connectivity index (χ4n) is 2.50. The van der Waals surface area contributed by atoms with Gasteiger partial charge >= 0.3 is 0 Å². The van der Waals surface area contributed by atoms with Gasteiger partial charge in [-0.15, -0.1) is 22.7 Å². The van der Waals surface area contributed by atoms with Crippen molar-refractivity contribution in [2.45, 2.75) is 13.5 Å². The Kier molecular flexibility index (Phi) is 7.20. The van der Waals surface area contributed by atoms with Gasteiger partial charge < -0.3 is 20.1 Å². The first kappa shape index (κ1) is 20.8. The number of thiazole rings is 1. The van der Waals surface area contributed by atoms with Crippen LogP contribution in [0.5, 0.6) is 11.5 Å². The maximum absolute atomic E-state index is 12.4. The third kappa shape index (κ3) is 5.55. The largest absolute Gasteiger partial charge is 0.493 e. The summed E-state index contributed by atoms with van der Waals surface area (Å²) >= 11 is 2.95. The van der Waals surface area contributed by atoms with E-state index in [4.69, 9.17) is 9.47 Å². The average Bonchev–Trinajstić information content (AvgIpc) is 3.42. The number of carbonyl (C=O) groups excluding carboxylic acids is 2. The summed E-state index contributed by atoms with van der Waals surface area (Å²) in [4.78, 5) is 29.9. The molecule has 2 aromatic heterocycles. The van der Waals surface area contributed by atoms with Crippen LogP contribution < -0.4 is 20.1 Å². The molecule has 2 amide bonds. The highest BCUT2D eigenvalue weighted by molar-refractivity contribution is 7.21. The van der Waals surface area contributed by atoms with Crippen LogP contribution in [0.3, 0.4) is 0 Å². The molecule has 0 aliphatic carbocycles. The number of aromatic nitrogens is 1. The highest BCUT2D eigenvalue weighted by Crippen LogP contribution is 2.29. The molecule has 0 atom stereocenters. The second-order valence-electron chi connectivity index (χ2n) is 5.92. The Hall–Kier alpha value is -2.91. The van der Waals surface area contributed by atoms with Gasteiger partial charge in [-0.2, -0.15) is 0 Å². The van der Waals surface area contributed by atoms with Crippen molar-refractivity contribution in [3.63, 3.8) is 0 Å². The molecule has 1 aromatic carbocycles. The first-order chi connectivity index (χ1) is 14.1. The van der Waals surface area contributed by atoms with E-state index in [1.165, 1.54) is 18.4 Å². The number of likely N-dealkylation sites (N-methyl/N-ethyl adjacent to an activating group) is 1. The van der Waals surface area contributed by atoms with Gasteiger partial charge in [-0.3, -0.25) is 9.59 Å². The van der Waals surface area contributed by atoms with Gasteiger partial charge in [0, 0.05) is 13.1 Å². The molecule has 0 unspecified atom stereocenters. The van der Waals surface area contributed by atoms with Gasteiger partial charge in [-0.25, -0.2) is 4.98 Å². The first-order valence-corrected chi connectivity index (χ1v) is 10.6. The molecule has 0 radical (unpaired) electrons. The maximum atomic E-state index is 12.4. The summed E-state index contributed by atoms with van der Waals surface area (Å²) in [6.45, 7) is 2.64. The lowest BCUT2D eigenvalue weighted by Crippen LogP contribution is -2.28. The number of methoxy groups -OCH3 is 1. The van der Waals surface area contributed by atoms with Crippen molar-refractivity contribution in [2.75, 3.05) is 20.3 Å². The number of carbonyl (C=O) groups is 2. The van der Waals surface area contributed by atoms with E-state index in [1.54, 1.807) is 29.7 Å². The van der Waals surface area contributed by atoms with Crippen LogP contribution in [0.4, 0.5) is 0 Å². The Morgan fingerprint density at radius 3 is 2.76 bits per heavy atom. The fraction of sp³-hybridized carbons (Fsp3) is 0.250. The Balaban J connectivity index is 1.58. The molecule has 152 valence electrons. The molecule has 0 aliphatic rings. The van der Waals surface area contributed by atoms with Gasteiger partial charge in [0.05, 0.1) is 18.2 Å². The smallest absolute Gasteiger partial charge is 0.263 e. The minimum Gasteiger partial charge on any atom is -0.493 e. The monoisotopic (exact) mass is 431 g/mol. The molecule has 3 rings (SSSR count). The van der Waals surface area contributed by atoms with Crippen LogP contribution in [-0.4, -0.2) is 37.1 Å². The van der Waals surface area contributed by atoms with Gasteiger partial charge in [0.2, 0.25) is 0 Å². The molecule has 0 spiro atoms. The van der Waals surface area contributed by atoms with Crippen molar-refractivity contribution >= 4 is 34.5 Å². The number of rotatable bonds is 9. The van der Waals surface area contributed by atoms with E-state index in [2.05, 4.69) is 15.6 Å². The predicted molar refractivity (Wildman–Crippen MR) is 114 cm³/mol. The van der Waals surface area contributed by atoms with Crippen LogP contribution in [0.15, 0.2) is 41.9 Å². The molecule has 29 heavy (non-hydrogen) atoms. The zero-order valence-electron chi connectivity index (χ0n) is 16.1.